The van der Waals surface area contributed by atoms with Crippen molar-refractivity contribution < 1.29 is 13.3 Å². The molecule has 2 aromatic carbocycles. The molecule has 0 saturated heterocycles. The van der Waals surface area contributed by atoms with Gasteiger partial charge in [-0.25, -0.2) is 0 Å². The van der Waals surface area contributed by atoms with Crippen LogP contribution >= 0.6 is 11.8 Å². The van der Waals surface area contributed by atoms with Gasteiger partial charge in [0.25, 0.3) is 0 Å². The minimum Gasteiger partial charge on any atom is -0.374 e. The van der Waals surface area contributed by atoms with Crippen LogP contribution in [0.25, 0.3) is 21.8 Å². The largest absolute Gasteiger partial charge is 0.500 e. The van der Waals surface area contributed by atoms with Crippen molar-refractivity contribution >= 4 is 42.4 Å². The summed E-state index contributed by atoms with van der Waals surface area (Å²) >= 11 is 2.00. The maximum atomic E-state index is 5.95. The van der Waals surface area contributed by atoms with Gasteiger partial charge in [-0.2, -0.15) is 11.8 Å². The smallest absolute Gasteiger partial charge is 0.374 e. The predicted molar refractivity (Wildman–Crippen MR) is 127 cm³/mol. The van der Waals surface area contributed by atoms with Gasteiger partial charge in [0.05, 0.1) is 0 Å². The summed E-state index contributed by atoms with van der Waals surface area (Å²) < 4.78 is 20.3. The summed E-state index contributed by atoms with van der Waals surface area (Å²) in [6.07, 6.45) is 1.06. The summed E-state index contributed by atoms with van der Waals surface area (Å²) in [6.45, 7) is 9.00. The first kappa shape index (κ1) is 22.4. The van der Waals surface area contributed by atoms with E-state index >= 15 is 0 Å². The second-order valence-corrected chi connectivity index (χ2v) is 10.8. The maximum Gasteiger partial charge on any atom is 0.500 e. The molecule has 0 aliphatic rings. The molecule has 0 aliphatic heterocycles. The number of benzene rings is 2. The fourth-order valence-corrected chi connectivity index (χ4v) is 7.63. The molecule has 0 unspecified atom stereocenters. The molecular formula is C23H33NO3SSi. The molecule has 0 bridgehead atoms. The Morgan fingerprint density at radius 3 is 1.79 bits per heavy atom. The molecule has 29 heavy (non-hydrogen) atoms. The lowest BCUT2D eigenvalue weighted by Crippen LogP contribution is -2.46. The Morgan fingerprint density at radius 1 is 0.759 bits per heavy atom. The maximum absolute atomic E-state index is 5.95. The molecule has 1 heterocycles. The monoisotopic (exact) mass is 431 g/mol. The van der Waals surface area contributed by atoms with E-state index in [1.807, 2.05) is 32.5 Å². The third-order valence-electron chi connectivity index (χ3n) is 5.00. The highest BCUT2D eigenvalue weighted by atomic mass is 32.2. The quantitative estimate of drug-likeness (QED) is 0.247. The third-order valence-corrected chi connectivity index (χ3v) is 9.20. The molecule has 158 valence electrons. The molecule has 6 heteroatoms. The van der Waals surface area contributed by atoms with Crippen LogP contribution in [-0.4, -0.2) is 44.7 Å². The molecule has 3 aromatic rings. The van der Waals surface area contributed by atoms with Crippen LogP contribution in [0.15, 0.2) is 48.5 Å². The van der Waals surface area contributed by atoms with Crippen molar-refractivity contribution in [2.24, 2.45) is 0 Å². The van der Waals surface area contributed by atoms with Crippen LogP contribution < -0.4 is 0 Å². The van der Waals surface area contributed by atoms with Gasteiger partial charge in [0.15, 0.2) is 0 Å². The normalized spacial score (nSPS) is 12.2. The van der Waals surface area contributed by atoms with Gasteiger partial charge < -0.3 is 17.8 Å². The van der Waals surface area contributed by atoms with Gasteiger partial charge in [-0.1, -0.05) is 36.4 Å². The van der Waals surface area contributed by atoms with E-state index in [9.17, 15) is 0 Å². The summed E-state index contributed by atoms with van der Waals surface area (Å²) in [6, 6.07) is 18.3. The van der Waals surface area contributed by atoms with E-state index in [4.69, 9.17) is 13.3 Å². The molecular weight excluding hydrogens is 398 g/mol. The standard InChI is InChI=1S/C23H33NO3SSi/c1-4-25-29(26-5-2,27-6-3)19-11-17-28-18-16-24-22-14-9-7-12-20(22)21-13-8-10-15-23(21)24/h7-10,12-15H,4-6,11,16-19H2,1-3H3. The Morgan fingerprint density at radius 2 is 1.28 bits per heavy atom. The van der Waals surface area contributed by atoms with Gasteiger partial charge >= 0.3 is 8.80 Å². The number of hydrogen-bond donors (Lipinski definition) is 0. The molecule has 1 aromatic heterocycles. The zero-order valence-electron chi connectivity index (χ0n) is 17.9. The molecule has 0 N–H and O–H groups in total. The first-order chi connectivity index (χ1) is 14.2. The van der Waals surface area contributed by atoms with E-state index in [0.29, 0.717) is 19.8 Å². The van der Waals surface area contributed by atoms with Gasteiger partial charge in [0.2, 0.25) is 0 Å². The third kappa shape index (κ3) is 5.44. The first-order valence-corrected chi connectivity index (χ1v) is 13.8. The van der Waals surface area contributed by atoms with Gasteiger partial charge in [0, 0.05) is 60.0 Å². The van der Waals surface area contributed by atoms with Crippen molar-refractivity contribution in [3.8, 4) is 0 Å². The van der Waals surface area contributed by atoms with E-state index in [2.05, 4.69) is 53.1 Å². The van der Waals surface area contributed by atoms with Gasteiger partial charge in [0.1, 0.15) is 0 Å². The summed E-state index contributed by atoms with van der Waals surface area (Å²) in [4.78, 5) is 0. The molecule has 0 spiro atoms. The van der Waals surface area contributed by atoms with Gasteiger partial charge in [-0.15, -0.1) is 0 Å². The highest BCUT2D eigenvalue weighted by Gasteiger charge is 2.39. The number of aromatic nitrogens is 1. The van der Waals surface area contributed by atoms with Gasteiger partial charge in [-0.05, 0) is 45.1 Å². The molecule has 0 amide bonds. The Hall–Kier alpha value is -1.31. The Kier molecular flexibility index (Phi) is 8.63. The van der Waals surface area contributed by atoms with Crippen LogP contribution in [0, 0.1) is 0 Å². The van der Waals surface area contributed by atoms with Gasteiger partial charge in [-0.3, -0.25) is 0 Å². The zero-order valence-corrected chi connectivity index (χ0v) is 19.7. The summed E-state index contributed by atoms with van der Waals surface area (Å²) in [5, 5.41) is 2.68. The van der Waals surface area contributed by atoms with Crippen molar-refractivity contribution in [1.29, 1.82) is 0 Å². The zero-order chi connectivity index (χ0) is 20.5. The van der Waals surface area contributed by atoms with Crippen LogP contribution in [0.3, 0.4) is 0 Å². The number of fused-ring (bicyclic) bond motifs is 3. The molecule has 0 radical (unpaired) electrons. The number of thioether (sulfide) groups is 1. The van der Waals surface area contributed by atoms with E-state index in [-0.39, 0.29) is 0 Å². The molecule has 3 rings (SSSR count). The second-order valence-electron chi connectivity index (χ2n) is 6.88. The van der Waals surface area contributed by atoms with Crippen LogP contribution in [0.4, 0.5) is 0 Å². The molecule has 0 atom stereocenters. The van der Waals surface area contributed by atoms with Crippen molar-refractivity contribution in [3.63, 3.8) is 0 Å². The first-order valence-electron chi connectivity index (χ1n) is 10.7. The van der Waals surface area contributed by atoms with Crippen LogP contribution in [0.2, 0.25) is 6.04 Å². The number of rotatable bonds is 13. The predicted octanol–water partition coefficient (Wildman–Crippen LogP) is 5.97. The lowest BCUT2D eigenvalue weighted by molar-refractivity contribution is 0.0712. The highest BCUT2D eigenvalue weighted by molar-refractivity contribution is 7.99. The van der Waals surface area contributed by atoms with E-state index in [1.165, 1.54) is 21.8 Å². The number of aryl methyl sites for hydroxylation is 1. The van der Waals surface area contributed by atoms with E-state index < -0.39 is 8.80 Å². The minimum atomic E-state index is -2.50. The topological polar surface area (TPSA) is 32.6 Å². The van der Waals surface area contributed by atoms with Crippen LogP contribution in [0.1, 0.15) is 27.2 Å². The number of para-hydroxylation sites is 2. The van der Waals surface area contributed by atoms with Crippen molar-refractivity contribution in [1.82, 2.24) is 4.57 Å². The Bertz CT molecular complexity index is 828. The fraction of sp³-hybridized carbons (Fsp3) is 0.478. The Balaban J connectivity index is 1.55. The van der Waals surface area contributed by atoms with E-state index in [1.54, 1.807) is 0 Å². The summed E-state index contributed by atoms with van der Waals surface area (Å²) in [5.41, 5.74) is 2.65. The lowest BCUT2D eigenvalue weighted by atomic mass is 10.2. The minimum absolute atomic E-state index is 0.646. The fourth-order valence-electron chi connectivity index (χ4n) is 3.89. The lowest BCUT2D eigenvalue weighted by Gasteiger charge is -2.28. The average molecular weight is 432 g/mol. The van der Waals surface area contributed by atoms with Crippen LogP contribution in [-0.2, 0) is 19.8 Å². The van der Waals surface area contributed by atoms with Crippen molar-refractivity contribution in [2.45, 2.75) is 39.8 Å². The Labute approximate surface area is 179 Å². The summed E-state index contributed by atoms with van der Waals surface area (Å²) in [5.74, 6) is 2.19. The molecule has 4 nitrogen and oxygen atoms in total. The average Bonchev–Trinajstić information content (AvgIpc) is 3.05. The highest BCUT2D eigenvalue weighted by Crippen LogP contribution is 2.29. The second kappa shape index (κ2) is 11.2. The summed E-state index contributed by atoms with van der Waals surface area (Å²) in [7, 11) is -2.50. The number of nitrogens with zero attached hydrogens (tertiary/aromatic N) is 1. The van der Waals surface area contributed by atoms with Crippen molar-refractivity contribution in [2.75, 3.05) is 31.3 Å². The van der Waals surface area contributed by atoms with E-state index in [0.717, 1.165) is 30.5 Å². The molecule has 0 aliphatic carbocycles. The molecule has 0 fully saturated rings. The van der Waals surface area contributed by atoms with Crippen LogP contribution in [0.5, 0.6) is 0 Å². The number of hydrogen-bond acceptors (Lipinski definition) is 4. The molecule has 0 saturated carbocycles. The van der Waals surface area contributed by atoms with Crippen molar-refractivity contribution in [3.05, 3.63) is 48.5 Å². The SMILES string of the molecule is CCO[Si](CCCSCCn1c2ccccc2c2ccccc21)(OCC)OCC.